The Morgan fingerprint density at radius 1 is 1.17 bits per heavy atom. The van der Waals surface area contributed by atoms with Crippen LogP contribution in [0.3, 0.4) is 0 Å². The molecular formula is C18H25CaN5O10P-. The van der Waals surface area contributed by atoms with Crippen molar-refractivity contribution in [2.45, 2.75) is 70.2 Å². The molecular weight excluding hydrogens is 517 g/mol. The van der Waals surface area contributed by atoms with E-state index in [2.05, 4.69) is 15.0 Å². The Labute approximate surface area is 229 Å². The fourth-order valence-electron chi connectivity index (χ4n) is 3.33. The molecule has 15 nitrogen and oxygen atoms in total. The van der Waals surface area contributed by atoms with Gasteiger partial charge in [-0.3, -0.25) is 14.2 Å². The summed E-state index contributed by atoms with van der Waals surface area (Å²) in [5.41, 5.74) is 6.39. The Kier molecular flexibility index (Phi) is 12.6. The van der Waals surface area contributed by atoms with E-state index in [1.165, 1.54) is 17.2 Å². The Balaban J connectivity index is 0.000000927. The number of hydrogen-bond acceptors (Lipinski definition) is 14. The number of aliphatic hydroxyl groups is 2. The van der Waals surface area contributed by atoms with Gasteiger partial charge in [-0.15, -0.1) is 0 Å². The molecule has 0 aromatic carbocycles. The summed E-state index contributed by atoms with van der Waals surface area (Å²) in [5.74, 6) is -0.789. The number of esters is 1. The van der Waals surface area contributed by atoms with Crippen LogP contribution < -0.4 is 20.4 Å². The number of ketones is 1. The molecule has 1 aliphatic rings. The number of anilines is 1. The summed E-state index contributed by atoms with van der Waals surface area (Å²) < 4.78 is 21.1. The third-order valence-electron chi connectivity index (χ3n) is 4.76. The van der Waals surface area contributed by atoms with E-state index in [0.717, 1.165) is 0 Å². The minimum Gasteiger partial charge on any atom is -0.822 e. The summed E-state index contributed by atoms with van der Waals surface area (Å²) in [6, 6.07) is 0. The summed E-state index contributed by atoms with van der Waals surface area (Å²) in [6.45, 7) is 3.62. The van der Waals surface area contributed by atoms with Crippen LogP contribution in [-0.2, 0) is 23.6 Å². The zero-order chi connectivity index (χ0) is 25.6. The van der Waals surface area contributed by atoms with Gasteiger partial charge in [0, 0.05) is 12.8 Å². The molecule has 5 atom stereocenters. The fraction of sp³-hybridized carbons (Fsp3) is 0.611. The summed E-state index contributed by atoms with van der Waals surface area (Å²) in [4.78, 5) is 62.3. The first-order chi connectivity index (χ1) is 15.9. The molecule has 35 heavy (non-hydrogen) atoms. The number of nitrogen functional groups attached to an aromatic ring is 1. The second kappa shape index (κ2) is 13.9. The minimum atomic E-state index is -5.39. The minimum absolute atomic E-state index is 0. The Morgan fingerprint density at radius 2 is 1.77 bits per heavy atom. The van der Waals surface area contributed by atoms with E-state index in [1.54, 1.807) is 0 Å². The van der Waals surface area contributed by atoms with Gasteiger partial charge >= 0.3 is 43.7 Å². The Bertz CT molecular complexity index is 1040. The number of carbonyl (C=O) groups excluding carboxylic acids is 2. The number of rotatable bonds is 8. The maximum absolute atomic E-state index is 12.6. The predicted octanol–water partition coefficient (Wildman–Crippen LogP) is -3.10. The second-order valence-electron chi connectivity index (χ2n) is 7.38. The van der Waals surface area contributed by atoms with Gasteiger partial charge in [0.15, 0.2) is 29.6 Å². The second-order valence-corrected chi connectivity index (χ2v) is 8.27. The number of carbonyl (C=O) groups is 2. The molecule has 3 heterocycles. The molecule has 190 valence electrons. The molecule has 0 spiro atoms. The van der Waals surface area contributed by atoms with Crippen molar-refractivity contribution in [3.05, 3.63) is 12.7 Å². The zero-order valence-electron chi connectivity index (χ0n) is 19.1. The summed E-state index contributed by atoms with van der Waals surface area (Å²) >= 11 is 0. The third-order valence-corrected chi connectivity index (χ3v) is 4.76. The van der Waals surface area contributed by atoms with Gasteiger partial charge < -0.3 is 44.7 Å². The molecule has 0 amide bonds. The molecule has 4 N–H and O–H groups in total. The van der Waals surface area contributed by atoms with E-state index in [-0.39, 0.29) is 62.2 Å². The van der Waals surface area contributed by atoms with Crippen LogP contribution in [0.2, 0.25) is 0 Å². The number of nitrogens with two attached hydrogens (primary N) is 1. The molecule has 1 unspecified atom stereocenters. The number of aliphatic hydroxyl groups excluding tert-OH is 2. The monoisotopic (exact) mass is 542 g/mol. The van der Waals surface area contributed by atoms with Crippen molar-refractivity contribution in [3.8, 4) is 0 Å². The van der Waals surface area contributed by atoms with Gasteiger partial charge in [0.2, 0.25) is 0 Å². The average molecular weight is 542 g/mol. The van der Waals surface area contributed by atoms with Crippen molar-refractivity contribution in [2.24, 2.45) is 0 Å². The topological polar surface area (TPSA) is 249 Å². The molecule has 0 saturated carbocycles. The number of fused-ring (bicyclic) bond motifs is 1. The van der Waals surface area contributed by atoms with Crippen LogP contribution in [0, 0.1) is 0 Å². The van der Waals surface area contributed by atoms with E-state index in [1.807, 2.05) is 13.8 Å². The first-order valence-electron chi connectivity index (χ1n) is 10.3. The van der Waals surface area contributed by atoms with Crippen LogP contribution in [0.25, 0.3) is 11.2 Å². The van der Waals surface area contributed by atoms with Gasteiger partial charge in [-0.1, -0.05) is 13.8 Å². The molecule has 1 aliphatic heterocycles. The molecule has 1 fully saturated rings. The smallest absolute Gasteiger partial charge is 0.822 e. The van der Waals surface area contributed by atoms with Crippen molar-refractivity contribution < 1.29 is 48.5 Å². The number of imidazole rings is 1. The number of ether oxygens (including phenoxy) is 2. The van der Waals surface area contributed by atoms with Gasteiger partial charge in [-0.05, 0) is 12.8 Å². The van der Waals surface area contributed by atoms with E-state index in [4.69, 9.17) is 34.5 Å². The van der Waals surface area contributed by atoms with E-state index >= 15 is 0 Å². The standard InChI is InChI=1S/C18H25N5O6.Ca.H3O4P/c1-3-5-9(24)14(28-10(25)6-4-2)15-12(26)13(27)18(29-15)23-8-22-11-16(19)20-7-21-17(11)23;;1-5(2,3)4/h7-8,12-15,18,26-27H,3-6H2,1-2H3,(H2,19,20,21);;(H3,1,2,3,4)/q;+2;/p-3/t12-,13+,14?,15-,18+;;/m0../s1. The molecule has 2 aromatic heterocycles. The number of Topliss-reactive ketones (excluding diaryl/α,β-unsaturated/α-hetero) is 1. The predicted molar refractivity (Wildman–Crippen MR) is 114 cm³/mol. The number of nitrogens with zero attached hydrogens (tertiary/aromatic N) is 4. The zero-order valence-corrected chi connectivity index (χ0v) is 22.2. The van der Waals surface area contributed by atoms with Crippen LogP contribution in [0.4, 0.5) is 5.82 Å². The molecule has 0 radical (unpaired) electrons. The normalized spacial score (nSPS) is 22.6. The van der Waals surface area contributed by atoms with E-state index < -0.39 is 44.4 Å². The Hall–Kier alpha value is -1.26. The van der Waals surface area contributed by atoms with Crippen molar-refractivity contribution in [2.75, 3.05) is 5.73 Å². The van der Waals surface area contributed by atoms with Gasteiger partial charge in [0.25, 0.3) is 0 Å². The maximum Gasteiger partial charge on any atom is 2.00 e. The summed E-state index contributed by atoms with van der Waals surface area (Å²) in [7, 11) is -5.39. The van der Waals surface area contributed by atoms with Crippen molar-refractivity contribution in [3.63, 3.8) is 0 Å². The number of hydrogen-bond donors (Lipinski definition) is 3. The number of aromatic nitrogens is 4. The maximum atomic E-state index is 12.6. The van der Waals surface area contributed by atoms with Crippen molar-refractivity contribution in [1.29, 1.82) is 0 Å². The van der Waals surface area contributed by atoms with Crippen molar-refractivity contribution >= 4 is 74.3 Å². The SMILES string of the molecule is CCCC(=O)OC(C(=O)CCC)[C@H]1O[C@@H](n2cnc3c(N)ncnc32)[C@H](O)[C@@H]1O.O=P([O-])([O-])[O-].[Ca+2]. The van der Waals surface area contributed by atoms with Gasteiger partial charge in [-0.2, -0.15) is 7.82 Å². The van der Waals surface area contributed by atoms with Gasteiger partial charge in [0.05, 0.1) is 6.33 Å². The number of phosphoric acid groups is 1. The Morgan fingerprint density at radius 3 is 2.34 bits per heavy atom. The van der Waals surface area contributed by atoms with E-state index in [0.29, 0.717) is 24.0 Å². The van der Waals surface area contributed by atoms with Crippen LogP contribution in [-0.4, -0.2) is 104 Å². The van der Waals surface area contributed by atoms with Crippen LogP contribution >= 0.6 is 7.82 Å². The van der Waals surface area contributed by atoms with Gasteiger partial charge in [0.1, 0.15) is 30.2 Å². The molecule has 1 saturated heterocycles. The fourth-order valence-corrected chi connectivity index (χ4v) is 3.33. The first kappa shape index (κ1) is 31.8. The molecule has 2 aromatic rings. The largest absolute Gasteiger partial charge is 2.00 e. The summed E-state index contributed by atoms with van der Waals surface area (Å²) in [5, 5.41) is 21.2. The van der Waals surface area contributed by atoms with Crippen LogP contribution in [0.5, 0.6) is 0 Å². The van der Waals surface area contributed by atoms with Crippen LogP contribution in [0.15, 0.2) is 12.7 Å². The van der Waals surface area contributed by atoms with E-state index in [9.17, 15) is 19.8 Å². The quantitative estimate of drug-likeness (QED) is 0.170. The van der Waals surface area contributed by atoms with Crippen molar-refractivity contribution in [1.82, 2.24) is 19.5 Å². The molecule has 0 aliphatic carbocycles. The molecule has 17 heteroatoms. The summed E-state index contributed by atoms with van der Waals surface area (Å²) in [6.07, 6.45) is -2.56. The average Bonchev–Trinajstić information content (AvgIpc) is 3.28. The molecule has 3 rings (SSSR count). The first-order valence-corrected chi connectivity index (χ1v) is 11.7. The van der Waals surface area contributed by atoms with Crippen LogP contribution in [0.1, 0.15) is 45.8 Å². The molecule has 0 bridgehead atoms. The third kappa shape index (κ3) is 8.67. The van der Waals surface area contributed by atoms with Gasteiger partial charge in [-0.25, -0.2) is 15.0 Å².